The molecule has 0 atom stereocenters. The molecule has 4 nitrogen and oxygen atoms in total. The number of aliphatic carboxylic acids is 1. The second-order valence-corrected chi connectivity index (χ2v) is 5.50. The van der Waals surface area contributed by atoms with E-state index in [-0.39, 0.29) is 12.3 Å². The Balaban J connectivity index is 2.03. The van der Waals surface area contributed by atoms with Crippen molar-refractivity contribution in [2.75, 3.05) is 5.32 Å². The third-order valence-electron chi connectivity index (χ3n) is 3.41. The Morgan fingerprint density at radius 3 is 2.09 bits per heavy atom. The van der Waals surface area contributed by atoms with Gasteiger partial charge in [0.25, 0.3) is 5.91 Å². The van der Waals surface area contributed by atoms with Crippen LogP contribution in [0.15, 0.2) is 48.5 Å². The molecule has 0 saturated heterocycles. The van der Waals surface area contributed by atoms with Crippen molar-refractivity contribution in [2.24, 2.45) is 0 Å². The lowest BCUT2D eigenvalue weighted by molar-refractivity contribution is -0.136. The van der Waals surface area contributed by atoms with Gasteiger partial charge >= 0.3 is 5.97 Å². The number of carbonyl (C=O) groups is 2. The number of carboxylic acids is 1. The first-order valence-corrected chi connectivity index (χ1v) is 7.18. The third-order valence-corrected chi connectivity index (χ3v) is 3.41. The molecule has 0 aliphatic heterocycles. The van der Waals surface area contributed by atoms with Gasteiger partial charge in [0.05, 0.1) is 6.42 Å². The highest BCUT2D eigenvalue weighted by Crippen LogP contribution is 2.16. The molecule has 2 N–H and O–H groups in total. The average molecular weight is 297 g/mol. The zero-order valence-electron chi connectivity index (χ0n) is 12.7. The van der Waals surface area contributed by atoms with E-state index in [0.717, 1.165) is 0 Å². The quantitative estimate of drug-likeness (QED) is 0.884. The van der Waals surface area contributed by atoms with Crippen LogP contribution in [-0.2, 0) is 11.2 Å². The number of carboxylic acid groups (broad SMARTS) is 1. The summed E-state index contributed by atoms with van der Waals surface area (Å²) in [6.45, 7) is 4.21. The van der Waals surface area contributed by atoms with Gasteiger partial charge in [-0.05, 0) is 41.3 Å². The molecular formula is C18H19NO3. The lowest BCUT2D eigenvalue weighted by atomic mass is 10.0. The summed E-state index contributed by atoms with van der Waals surface area (Å²) >= 11 is 0. The number of rotatable bonds is 5. The summed E-state index contributed by atoms with van der Waals surface area (Å²) in [4.78, 5) is 22.8. The molecule has 22 heavy (non-hydrogen) atoms. The van der Waals surface area contributed by atoms with Crippen LogP contribution in [0, 0.1) is 0 Å². The molecule has 0 bridgehead atoms. The Morgan fingerprint density at radius 2 is 1.59 bits per heavy atom. The molecule has 0 spiro atoms. The summed E-state index contributed by atoms with van der Waals surface area (Å²) in [5, 5.41) is 11.5. The number of amides is 1. The lowest BCUT2D eigenvalue weighted by Crippen LogP contribution is -2.12. The van der Waals surface area contributed by atoms with Crippen molar-refractivity contribution >= 4 is 17.6 Å². The van der Waals surface area contributed by atoms with E-state index < -0.39 is 5.97 Å². The molecule has 0 aliphatic rings. The van der Waals surface area contributed by atoms with Crippen LogP contribution >= 0.6 is 0 Å². The van der Waals surface area contributed by atoms with Crippen LogP contribution in [0.3, 0.4) is 0 Å². The molecule has 0 aromatic heterocycles. The van der Waals surface area contributed by atoms with E-state index in [9.17, 15) is 9.59 Å². The number of hydrogen-bond donors (Lipinski definition) is 2. The van der Waals surface area contributed by atoms with Gasteiger partial charge in [0, 0.05) is 11.3 Å². The monoisotopic (exact) mass is 297 g/mol. The number of anilines is 1. The summed E-state index contributed by atoms with van der Waals surface area (Å²) in [7, 11) is 0. The van der Waals surface area contributed by atoms with Crippen LogP contribution in [0.4, 0.5) is 5.69 Å². The topological polar surface area (TPSA) is 66.4 Å². The van der Waals surface area contributed by atoms with Gasteiger partial charge in [0.15, 0.2) is 0 Å². The third kappa shape index (κ3) is 4.19. The molecule has 0 unspecified atom stereocenters. The fraction of sp³-hybridized carbons (Fsp3) is 0.222. The highest BCUT2D eigenvalue weighted by molar-refractivity contribution is 6.04. The van der Waals surface area contributed by atoms with Gasteiger partial charge < -0.3 is 10.4 Å². The smallest absolute Gasteiger partial charge is 0.307 e. The van der Waals surface area contributed by atoms with E-state index in [1.54, 1.807) is 24.3 Å². The van der Waals surface area contributed by atoms with E-state index in [2.05, 4.69) is 19.2 Å². The molecule has 4 heteroatoms. The first-order valence-electron chi connectivity index (χ1n) is 7.18. The van der Waals surface area contributed by atoms with Crippen LogP contribution in [0.25, 0.3) is 0 Å². The SMILES string of the molecule is CC(C)c1ccc(C(=O)Nc2ccc(CC(=O)O)cc2)cc1. The van der Waals surface area contributed by atoms with Crippen LogP contribution in [0.2, 0.25) is 0 Å². The fourth-order valence-electron chi connectivity index (χ4n) is 2.10. The van der Waals surface area contributed by atoms with Gasteiger partial charge in [-0.1, -0.05) is 38.1 Å². The first kappa shape index (κ1) is 15.8. The minimum absolute atomic E-state index is 0.0229. The van der Waals surface area contributed by atoms with E-state index in [1.807, 2.05) is 24.3 Å². The molecule has 114 valence electrons. The Labute approximate surface area is 129 Å². The van der Waals surface area contributed by atoms with Gasteiger partial charge in [-0.25, -0.2) is 0 Å². The van der Waals surface area contributed by atoms with Gasteiger partial charge in [-0.15, -0.1) is 0 Å². The standard InChI is InChI=1S/C18H19NO3/c1-12(2)14-5-7-15(8-6-14)18(22)19-16-9-3-13(4-10-16)11-17(20)21/h3-10,12H,11H2,1-2H3,(H,19,22)(H,20,21). The van der Waals surface area contributed by atoms with Crippen molar-refractivity contribution in [1.82, 2.24) is 0 Å². The molecule has 1 amide bonds. The molecule has 0 fully saturated rings. The Kier molecular flexibility index (Phi) is 4.94. The molecule has 0 aliphatic carbocycles. The van der Waals surface area contributed by atoms with Gasteiger partial charge in [0.1, 0.15) is 0 Å². The predicted octanol–water partition coefficient (Wildman–Crippen LogP) is 3.69. The highest BCUT2D eigenvalue weighted by atomic mass is 16.4. The van der Waals surface area contributed by atoms with Gasteiger partial charge in [-0.2, -0.15) is 0 Å². The summed E-state index contributed by atoms with van der Waals surface area (Å²) in [5.41, 5.74) is 3.13. The fourth-order valence-corrected chi connectivity index (χ4v) is 2.10. The van der Waals surface area contributed by atoms with E-state index in [0.29, 0.717) is 22.7 Å². The number of nitrogens with one attached hydrogen (secondary N) is 1. The maximum Gasteiger partial charge on any atom is 0.307 e. The van der Waals surface area contributed by atoms with Gasteiger partial charge in [-0.3, -0.25) is 9.59 Å². The van der Waals surface area contributed by atoms with Crippen molar-refractivity contribution < 1.29 is 14.7 Å². The van der Waals surface area contributed by atoms with Crippen LogP contribution < -0.4 is 5.32 Å². The first-order chi connectivity index (χ1) is 10.5. The van der Waals surface area contributed by atoms with Crippen molar-refractivity contribution in [2.45, 2.75) is 26.2 Å². The number of carbonyl (C=O) groups excluding carboxylic acids is 1. The zero-order valence-corrected chi connectivity index (χ0v) is 12.7. The Hall–Kier alpha value is -2.62. The largest absolute Gasteiger partial charge is 0.481 e. The molecule has 2 aromatic carbocycles. The normalized spacial score (nSPS) is 10.5. The maximum absolute atomic E-state index is 12.2. The summed E-state index contributed by atoms with van der Waals surface area (Å²) < 4.78 is 0. The molecule has 0 saturated carbocycles. The van der Waals surface area contributed by atoms with E-state index in [4.69, 9.17) is 5.11 Å². The summed E-state index contributed by atoms with van der Waals surface area (Å²) in [6, 6.07) is 14.3. The van der Waals surface area contributed by atoms with E-state index >= 15 is 0 Å². The van der Waals surface area contributed by atoms with Crippen LogP contribution in [0.1, 0.15) is 41.3 Å². The molecule has 0 radical (unpaired) electrons. The van der Waals surface area contributed by atoms with Crippen molar-refractivity contribution in [3.05, 3.63) is 65.2 Å². The second kappa shape index (κ2) is 6.89. The Bertz CT molecular complexity index is 658. The zero-order chi connectivity index (χ0) is 16.1. The minimum atomic E-state index is -0.873. The van der Waals surface area contributed by atoms with E-state index in [1.165, 1.54) is 5.56 Å². The Morgan fingerprint density at radius 1 is 1.00 bits per heavy atom. The second-order valence-electron chi connectivity index (χ2n) is 5.50. The molecule has 2 rings (SSSR count). The van der Waals surface area contributed by atoms with Gasteiger partial charge in [0.2, 0.25) is 0 Å². The van der Waals surface area contributed by atoms with Crippen molar-refractivity contribution in [3.63, 3.8) is 0 Å². The van der Waals surface area contributed by atoms with Crippen molar-refractivity contribution in [1.29, 1.82) is 0 Å². The molecule has 0 heterocycles. The number of hydrogen-bond acceptors (Lipinski definition) is 2. The number of benzene rings is 2. The van der Waals surface area contributed by atoms with Crippen LogP contribution in [0.5, 0.6) is 0 Å². The summed E-state index contributed by atoms with van der Waals surface area (Å²) in [5.74, 6) is -0.623. The minimum Gasteiger partial charge on any atom is -0.481 e. The maximum atomic E-state index is 12.2. The molecule has 2 aromatic rings. The summed E-state index contributed by atoms with van der Waals surface area (Å²) in [6.07, 6.45) is -0.0229. The highest BCUT2D eigenvalue weighted by Gasteiger charge is 2.07. The molecular weight excluding hydrogens is 278 g/mol. The van der Waals surface area contributed by atoms with Crippen LogP contribution in [-0.4, -0.2) is 17.0 Å². The lowest BCUT2D eigenvalue weighted by Gasteiger charge is -2.08. The predicted molar refractivity (Wildman–Crippen MR) is 86.3 cm³/mol. The van der Waals surface area contributed by atoms with Crippen molar-refractivity contribution in [3.8, 4) is 0 Å². The average Bonchev–Trinajstić information content (AvgIpc) is 2.49.